The third-order valence-electron chi connectivity index (χ3n) is 6.03. The molecule has 0 spiro atoms. The SMILES string of the molecule is CC#N.CCC.COc1nc(N2CCCC(C)C2)c2cnc(-c3cc(O)cc4ccc(F)c(F)c34)c(F)c2n1. The van der Waals surface area contributed by atoms with Gasteiger partial charge in [0.15, 0.2) is 17.5 Å². The molecule has 1 aliphatic rings. The molecule has 0 amide bonds. The number of hydrogen-bond donors (Lipinski definition) is 1. The van der Waals surface area contributed by atoms with Crippen LogP contribution < -0.4 is 9.64 Å². The van der Waals surface area contributed by atoms with Gasteiger partial charge < -0.3 is 14.7 Å². The summed E-state index contributed by atoms with van der Waals surface area (Å²) in [6.45, 7) is 9.33. The Morgan fingerprint density at radius 1 is 1.15 bits per heavy atom. The smallest absolute Gasteiger partial charge is 0.318 e. The molecule has 1 N–H and O–H groups in total. The highest BCUT2D eigenvalue weighted by molar-refractivity contribution is 6.00. The van der Waals surface area contributed by atoms with Gasteiger partial charge in [-0.05, 0) is 42.3 Å². The largest absolute Gasteiger partial charge is 0.508 e. The molecule has 0 radical (unpaired) electrons. The summed E-state index contributed by atoms with van der Waals surface area (Å²) in [6, 6.07) is 6.45. The van der Waals surface area contributed by atoms with E-state index in [1.165, 1.54) is 38.8 Å². The number of aromatic hydroxyl groups is 1. The van der Waals surface area contributed by atoms with Gasteiger partial charge in [0.05, 0.1) is 18.6 Å². The predicted molar refractivity (Wildman–Crippen MR) is 146 cm³/mol. The number of nitriles is 1. The van der Waals surface area contributed by atoms with Gasteiger partial charge in [-0.1, -0.05) is 33.3 Å². The second-order valence-corrected chi connectivity index (χ2v) is 9.29. The number of hydrogen-bond acceptors (Lipinski definition) is 7. The van der Waals surface area contributed by atoms with E-state index in [9.17, 15) is 13.9 Å². The summed E-state index contributed by atoms with van der Waals surface area (Å²) in [5.74, 6) is -2.33. The number of anilines is 1. The van der Waals surface area contributed by atoms with E-state index in [-0.39, 0.29) is 39.3 Å². The van der Waals surface area contributed by atoms with E-state index in [0.717, 1.165) is 38.1 Å². The van der Waals surface area contributed by atoms with Crippen LogP contribution in [0.5, 0.6) is 11.8 Å². The van der Waals surface area contributed by atoms with Crippen molar-refractivity contribution in [3.05, 3.63) is 47.9 Å². The van der Waals surface area contributed by atoms with E-state index in [0.29, 0.717) is 17.1 Å². The maximum absolute atomic E-state index is 15.9. The third kappa shape index (κ3) is 6.30. The maximum atomic E-state index is 15.9. The van der Waals surface area contributed by atoms with Crippen molar-refractivity contribution < 1.29 is 23.0 Å². The minimum atomic E-state index is -1.15. The van der Waals surface area contributed by atoms with Gasteiger partial charge in [-0.3, -0.25) is 4.98 Å². The van der Waals surface area contributed by atoms with Crippen LogP contribution in [0.1, 0.15) is 47.0 Å². The Morgan fingerprint density at radius 3 is 2.49 bits per heavy atom. The van der Waals surface area contributed by atoms with Crippen molar-refractivity contribution in [3.8, 4) is 29.1 Å². The summed E-state index contributed by atoms with van der Waals surface area (Å²) in [7, 11) is 1.39. The summed E-state index contributed by atoms with van der Waals surface area (Å²) < 4.78 is 49.8. The molecule has 0 bridgehead atoms. The summed E-state index contributed by atoms with van der Waals surface area (Å²) in [5.41, 5.74) is -0.382. The number of nitrogens with zero attached hydrogens (tertiary/aromatic N) is 5. The molecule has 0 aliphatic carbocycles. The van der Waals surface area contributed by atoms with Crippen LogP contribution in [0.3, 0.4) is 0 Å². The zero-order valence-corrected chi connectivity index (χ0v) is 22.7. The number of halogens is 3. The zero-order chi connectivity index (χ0) is 28.7. The van der Waals surface area contributed by atoms with E-state index >= 15 is 4.39 Å². The predicted octanol–water partition coefficient (Wildman–Crippen LogP) is 7.16. The number of aromatic nitrogens is 3. The lowest BCUT2D eigenvalue weighted by molar-refractivity contribution is 0.379. The lowest BCUT2D eigenvalue weighted by Gasteiger charge is -2.32. The molecule has 10 heteroatoms. The van der Waals surface area contributed by atoms with Crippen LogP contribution in [-0.2, 0) is 0 Å². The third-order valence-corrected chi connectivity index (χ3v) is 6.03. The number of phenolic OH excluding ortho intramolecular Hbond substituents is 1. The van der Waals surface area contributed by atoms with E-state index in [4.69, 9.17) is 10.00 Å². The number of pyridine rings is 1. The molecule has 2 aromatic carbocycles. The quantitative estimate of drug-likeness (QED) is 0.295. The first kappa shape index (κ1) is 29.4. The molecule has 1 atom stereocenters. The second-order valence-electron chi connectivity index (χ2n) is 9.29. The van der Waals surface area contributed by atoms with Gasteiger partial charge in [0.25, 0.3) is 0 Å². The molecule has 5 rings (SSSR count). The molecular weight excluding hydrogens is 507 g/mol. The first-order chi connectivity index (χ1) is 18.7. The average Bonchev–Trinajstić information content (AvgIpc) is 2.91. The standard InChI is InChI=1S/C24H21F3N4O2.C3H8.C2H3N/c1-12-4-3-7-31(11-12)23-16-10-28-21(20(27)22(16)29-24(30-23)33-2)15-9-14(32)8-13-5-6-17(25)19(26)18(13)15;1-3-2;1-2-3/h5-6,8-10,12,32H,3-4,7,11H2,1-2H3;3H2,1-2H3;1H3. The number of rotatable bonds is 3. The molecule has 1 aliphatic heterocycles. The number of benzene rings is 2. The van der Waals surface area contributed by atoms with E-state index in [2.05, 4.69) is 40.6 Å². The first-order valence-electron chi connectivity index (χ1n) is 12.8. The number of ether oxygens (including phenoxy) is 1. The Labute approximate surface area is 225 Å². The monoisotopic (exact) mass is 539 g/mol. The highest BCUT2D eigenvalue weighted by Crippen LogP contribution is 2.38. The van der Waals surface area contributed by atoms with E-state index in [1.54, 1.807) is 6.07 Å². The fraction of sp³-hybridized carbons (Fsp3) is 0.379. The van der Waals surface area contributed by atoms with Gasteiger partial charge in [0.2, 0.25) is 0 Å². The van der Waals surface area contributed by atoms with Crippen LogP contribution in [0.4, 0.5) is 19.0 Å². The first-order valence-corrected chi connectivity index (χ1v) is 12.8. The lowest BCUT2D eigenvalue weighted by Crippen LogP contribution is -2.35. The van der Waals surface area contributed by atoms with Crippen LogP contribution >= 0.6 is 0 Å². The Bertz CT molecular complexity index is 1510. The Balaban J connectivity index is 0.000000643. The van der Waals surface area contributed by atoms with Crippen molar-refractivity contribution in [2.45, 2.75) is 47.0 Å². The highest BCUT2D eigenvalue weighted by atomic mass is 19.2. The molecular formula is C29H32F3N5O2. The number of phenols is 1. The summed E-state index contributed by atoms with van der Waals surface area (Å²) >= 11 is 0. The Morgan fingerprint density at radius 2 is 1.85 bits per heavy atom. The van der Waals surface area contributed by atoms with Crippen LogP contribution in [-0.4, -0.2) is 40.3 Å². The fourth-order valence-corrected chi connectivity index (χ4v) is 4.49. The molecule has 4 aromatic rings. The minimum Gasteiger partial charge on any atom is -0.508 e. The van der Waals surface area contributed by atoms with E-state index < -0.39 is 17.5 Å². The molecule has 7 nitrogen and oxygen atoms in total. The summed E-state index contributed by atoms with van der Waals surface area (Å²) in [4.78, 5) is 14.9. The van der Waals surface area contributed by atoms with Crippen LogP contribution in [0.15, 0.2) is 30.5 Å². The van der Waals surface area contributed by atoms with Gasteiger partial charge >= 0.3 is 6.01 Å². The summed E-state index contributed by atoms with van der Waals surface area (Å²) in [5, 5.41) is 17.9. The van der Waals surface area contributed by atoms with Crippen molar-refractivity contribution in [3.63, 3.8) is 0 Å². The zero-order valence-electron chi connectivity index (χ0n) is 22.7. The van der Waals surface area contributed by atoms with Crippen molar-refractivity contribution in [1.29, 1.82) is 5.26 Å². The number of methoxy groups -OCH3 is 1. The molecule has 1 saturated heterocycles. The normalized spacial score (nSPS) is 14.6. The minimum absolute atomic E-state index is 0.00947. The Kier molecular flexibility index (Phi) is 9.88. The van der Waals surface area contributed by atoms with Crippen molar-refractivity contribution in [2.75, 3.05) is 25.1 Å². The second kappa shape index (κ2) is 13.1. The molecule has 0 saturated carbocycles. The highest BCUT2D eigenvalue weighted by Gasteiger charge is 2.25. The molecule has 206 valence electrons. The number of piperidine rings is 1. The van der Waals surface area contributed by atoms with E-state index in [1.807, 2.05) is 0 Å². The van der Waals surface area contributed by atoms with Gasteiger partial charge in [-0.2, -0.15) is 15.2 Å². The van der Waals surface area contributed by atoms with Crippen molar-refractivity contribution in [2.24, 2.45) is 5.92 Å². The fourth-order valence-electron chi connectivity index (χ4n) is 4.49. The lowest BCUT2D eigenvalue weighted by atomic mass is 9.99. The van der Waals surface area contributed by atoms with Gasteiger partial charge in [0.1, 0.15) is 22.8 Å². The average molecular weight is 540 g/mol. The molecule has 39 heavy (non-hydrogen) atoms. The molecule has 3 heterocycles. The van der Waals surface area contributed by atoms with Crippen molar-refractivity contribution >= 4 is 27.5 Å². The van der Waals surface area contributed by atoms with Gasteiger partial charge in [0, 0.05) is 37.2 Å². The van der Waals surface area contributed by atoms with Crippen LogP contribution in [0.25, 0.3) is 32.9 Å². The van der Waals surface area contributed by atoms with Crippen molar-refractivity contribution in [1.82, 2.24) is 15.0 Å². The molecule has 2 aromatic heterocycles. The molecule has 1 fully saturated rings. The molecule has 1 unspecified atom stereocenters. The topological polar surface area (TPSA) is 95.2 Å². The van der Waals surface area contributed by atoms with Crippen LogP contribution in [0.2, 0.25) is 0 Å². The number of fused-ring (bicyclic) bond motifs is 2. The van der Waals surface area contributed by atoms with Gasteiger partial charge in [-0.15, -0.1) is 0 Å². The summed E-state index contributed by atoms with van der Waals surface area (Å²) in [6.07, 6.45) is 4.75. The van der Waals surface area contributed by atoms with Crippen LogP contribution in [0, 0.1) is 34.7 Å². The maximum Gasteiger partial charge on any atom is 0.318 e. The Hall–Kier alpha value is -4.13. The van der Waals surface area contributed by atoms with Gasteiger partial charge in [-0.25, -0.2) is 13.2 Å².